The third-order valence-corrected chi connectivity index (χ3v) is 4.78. The number of hydrogen-bond donors (Lipinski definition) is 1. The van der Waals surface area contributed by atoms with Gasteiger partial charge in [-0.25, -0.2) is 0 Å². The first-order valence-corrected chi connectivity index (χ1v) is 7.12. The number of thiophene rings is 1. The van der Waals surface area contributed by atoms with E-state index in [4.69, 9.17) is 5.73 Å². The van der Waals surface area contributed by atoms with Gasteiger partial charge in [0.05, 0.1) is 4.88 Å². The van der Waals surface area contributed by atoms with Crippen molar-refractivity contribution in [2.45, 2.75) is 25.8 Å². The minimum absolute atomic E-state index is 0.106. The average Bonchev–Trinajstić information content (AvgIpc) is 2.69. The Morgan fingerprint density at radius 1 is 1.50 bits per heavy atom. The molecule has 0 aliphatic carbocycles. The van der Waals surface area contributed by atoms with Gasteiger partial charge in [0.1, 0.15) is 0 Å². The lowest BCUT2D eigenvalue weighted by atomic mass is 10.0. The number of nitrogens with zero attached hydrogens (tertiary/aromatic N) is 2. The summed E-state index contributed by atoms with van der Waals surface area (Å²) in [5, 5.41) is 0. The zero-order valence-corrected chi connectivity index (χ0v) is 12.1. The molecule has 100 valence electrons. The van der Waals surface area contributed by atoms with Crippen LogP contribution in [0.25, 0.3) is 0 Å². The summed E-state index contributed by atoms with van der Waals surface area (Å²) < 4.78 is 0. The molecular formula is C13H21N3OS. The fourth-order valence-corrected chi connectivity index (χ4v) is 3.25. The molecule has 0 unspecified atom stereocenters. The van der Waals surface area contributed by atoms with Crippen molar-refractivity contribution in [2.75, 3.05) is 32.9 Å². The van der Waals surface area contributed by atoms with E-state index in [1.807, 2.05) is 18.9 Å². The number of nitrogens with two attached hydrogens (primary N) is 1. The molecular weight excluding hydrogens is 246 g/mol. The summed E-state index contributed by atoms with van der Waals surface area (Å²) >= 11 is 1.49. The lowest BCUT2D eigenvalue weighted by Gasteiger charge is -2.34. The summed E-state index contributed by atoms with van der Waals surface area (Å²) in [5.41, 5.74) is 6.53. The molecule has 4 nitrogen and oxygen atoms in total. The molecule has 18 heavy (non-hydrogen) atoms. The van der Waals surface area contributed by atoms with Crippen LogP contribution in [-0.4, -0.2) is 48.9 Å². The van der Waals surface area contributed by atoms with E-state index in [0.29, 0.717) is 6.04 Å². The molecule has 0 atom stereocenters. The Kier molecular flexibility index (Phi) is 3.92. The van der Waals surface area contributed by atoms with Crippen molar-refractivity contribution in [3.05, 3.63) is 15.8 Å². The average molecular weight is 267 g/mol. The molecule has 2 heterocycles. The van der Waals surface area contributed by atoms with E-state index in [1.165, 1.54) is 11.3 Å². The Hall–Kier alpha value is -1.07. The zero-order chi connectivity index (χ0) is 13.3. The van der Waals surface area contributed by atoms with Crippen molar-refractivity contribution < 1.29 is 4.79 Å². The van der Waals surface area contributed by atoms with Gasteiger partial charge in [0.25, 0.3) is 5.91 Å². The van der Waals surface area contributed by atoms with Crippen molar-refractivity contribution in [1.29, 1.82) is 0 Å². The van der Waals surface area contributed by atoms with E-state index in [-0.39, 0.29) is 5.91 Å². The fourth-order valence-electron chi connectivity index (χ4n) is 2.32. The number of aryl methyl sites for hydroxylation is 1. The van der Waals surface area contributed by atoms with Gasteiger partial charge in [0.15, 0.2) is 0 Å². The van der Waals surface area contributed by atoms with Crippen LogP contribution >= 0.6 is 11.3 Å². The Labute approximate surface area is 112 Å². The van der Waals surface area contributed by atoms with Crippen molar-refractivity contribution in [3.8, 4) is 0 Å². The first kappa shape index (κ1) is 13.4. The molecule has 1 aromatic rings. The number of piperidine rings is 1. The Morgan fingerprint density at radius 2 is 2.11 bits per heavy atom. The minimum Gasteiger partial charge on any atom is -0.398 e. The van der Waals surface area contributed by atoms with Gasteiger partial charge < -0.3 is 15.5 Å². The molecule has 0 radical (unpaired) electrons. The molecule has 1 saturated heterocycles. The molecule has 0 spiro atoms. The van der Waals surface area contributed by atoms with Gasteiger partial charge in [-0.2, -0.15) is 0 Å². The van der Waals surface area contributed by atoms with Crippen molar-refractivity contribution in [3.63, 3.8) is 0 Å². The summed E-state index contributed by atoms with van der Waals surface area (Å²) in [5.74, 6) is 0.106. The van der Waals surface area contributed by atoms with Crippen molar-refractivity contribution in [2.24, 2.45) is 0 Å². The molecule has 1 aliphatic heterocycles. The third kappa shape index (κ3) is 2.67. The number of rotatable bonds is 2. The Bertz CT molecular complexity index is 416. The largest absolute Gasteiger partial charge is 0.398 e. The number of nitrogen functional groups attached to an aromatic ring is 1. The van der Waals surface area contributed by atoms with Gasteiger partial charge in [0, 0.05) is 23.7 Å². The summed E-state index contributed by atoms with van der Waals surface area (Å²) in [6.45, 7) is 4.08. The molecule has 0 aromatic carbocycles. The standard InChI is InChI=1S/C13H21N3OS/c1-9-11(14)8-12(18-9)13(17)16(3)10-4-6-15(2)7-5-10/h8,10H,4-7,14H2,1-3H3. The molecule has 1 aliphatic rings. The van der Waals surface area contributed by atoms with Crippen molar-refractivity contribution >= 4 is 22.9 Å². The second-order valence-corrected chi connectivity index (χ2v) is 6.33. The quantitative estimate of drug-likeness (QED) is 0.889. The fraction of sp³-hybridized carbons (Fsp3) is 0.615. The number of anilines is 1. The van der Waals surface area contributed by atoms with Crippen LogP contribution in [0, 0.1) is 6.92 Å². The second kappa shape index (κ2) is 5.28. The number of likely N-dealkylation sites (tertiary alicyclic amines) is 1. The zero-order valence-electron chi connectivity index (χ0n) is 11.3. The van der Waals surface area contributed by atoms with Crippen LogP contribution in [0.1, 0.15) is 27.4 Å². The summed E-state index contributed by atoms with van der Waals surface area (Å²) in [6.07, 6.45) is 2.11. The van der Waals surface area contributed by atoms with E-state index in [2.05, 4.69) is 11.9 Å². The first-order chi connectivity index (χ1) is 8.49. The lowest BCUT2D eigenvalue weighted by molar-refractivity contribution is 0.0664. The summed E-state index contributed by atoms with van der Waals surface area (Å²) in [7, 11) is 4.03. The van der Waals surface area contributed by atoms with Crippen LogP contribution in [-0.2, 0) is 0 Å². The van der Waals surface area contributed by atoms with Crippen LogP contribution < -0.4 is 5.73 Å². The molecule has 1 fully saturated rings. The molecule has 1 aromatic heterocycles. The number of hydrogen-bond acceptors (Lipinski definition) is 4. The first-order valence-electron chi connectivity index (χ1n) is 6.30. The van der Waals surface area contributed by atoms with Gasteiger partial charge in [-0.3, -0.25) is 4.79 Å². The van der Waals surface area contributed by atoms with E-state index >= 15 is 0 Å². The highest BCUT2D eigenvalue weighted by molar-refractivity contribution is 7.14. The topological polar surface area (TPSA) is 49.6 Å². The van der Waals surface area contributed by atoms with Gasteiger partial charge in [-0.05, 0) is 46.0 Å². The highest BCUT2D eigenvalue weighted by atomic mass is 32.1. The number of carbonyl (C=O) groups is 1. The molecule has 0 saturated carbocycles. The van der Waals surface area contributed by atoms with Crippen LogP contribution in [0.4, 0.5) is 5.69 Å². The molecule has 5 heteroatoms. The Balaban J connectivity index is 2.04. The predicted molar refractivity (Wildman–Crippen MR) is 76.1 cm³/mol. The maximum Gasteiger partial charge on any atom is 0.263 e. The normalized spacial score (nSPS) is 17.9. The summed E-state index contributed by atoms with van der Waals surface area (Å²) in [6, 6.07) is 2.16. The van der Waals surface area contributed by atoms with Crippen LogP contribution in [0.3, 0.4) is 0 Å². The summed E-state index contributed by atoms with van der Waals surface area (Å²) in [4.78, 5) is 18.3. The second-order valence-electron chi connectivity index (χ2n) is 5.07. The van der Waals surface area contributed by atoms with E-state index in [1.54, 1.807) is 6.07 Å². The number of amides is 1. The molecule has 2 rings (SSSR count). The van der Waals surface area contributed by atoms with Crippen LogP contribution in [0.5, 0.6) is 0 Å². The van der Waals surface area contributed by atoms with Gasteiger partial charge in [-0.15, -0.1) is 11.3 Å². The third-order valence-electron chi connectivity index (χ3n) is 3.72. The van der Waals surface area contributed by atoms with Crippen LogP contribution in [0.2, 0.25) is 0 Å². The maximum atomic E-state index is 12.4. The van der Waals surface area contributed by atoms with Gasteiger partial charge in [-0.1, -0.05) is 0 Å². The molecule has 2 N–H and O–H groups in total. The molecule has 1 amide bonds. The lowest BCUT2D eigenvalue weighted by Crippen LogP contribution is -2.44. The smallest absolute Gasteiger partial charge is 0.263 e. The van der Waals surface area contributed by atoms with Crippen LogP contribution in [0.15, 0.2) is 6.07 Å². The monoisotopic (exact) mass is 267 g/mol. The van der Waals surface area contributed by atoms with Gasteiger partial charge in [0.2, 0.25) is 0 Å². The highest BCUT2D eigenvalue weighted by Gasteiger charge is 2.25. The van der Waals surface area contributed by atoms with Crippen molar-refractivity contribution in [1.82, 2.24) is 9.80 Å². The Morgan fingerprint density at radius 3 is 2.61 bits per heavy atom. The number of carbonyl (C=O) groups excluding carboxylic acids is 1. The molecule has 0 bridgehead atoms. The highest BCUT2D eigenvalue weighted by Crippen LogP contribution is 2.26. The maximum absolute atomic E-state index is 12.4. The van der Waals surface area contributed by atoms with E-state index in [0.717, 1.165) is 41.4 Å². The minimum atomic E-state index is 0.106. The predicted octanol–water partition coefficient (Wildman–Crippen LogP) is 1.80. The SMILES string of the molecule is Cc1sc(C(=O)N(C)C2CCN(C)CC2)cc1N. The van der Waals surface area contributed by atoms with E-state index in [9.17, 15) is 4.79 Å². The van der Waals surface area contributed by atoms with E-state index < -0.39 is 0 Å². The van der Waals surface area contributed by atoms with Gasteiger partial charge >= 0.3 is 0 Å².